The first-order valence-corrected chi connectivity index (χ1v) is 5.28. The Labute approximate surface area is 102 Å². The molecule has 18 heavy (non-hydrogen) atoms. The van der Waals surface area contributed by atoms with Crippen LogP contribution in [0.2, 0.25) is 0 Å². The van der Waals surface area contributed by atoms with Gasteiger partial charge in [0.05, 0.1) is 30.2 Å². The number of carbonyl (C=O) groups excluding carboxylic acids is 1. The fourth-order valence-electron chi connectivity index (χ4n) is 1.46. The van der Waals surface area contributed by atoms with Crippen molar-refractivity contribution in [3.8, 4) is 0 Å². The van der Waals surface area contributed by atoms with Crippen molar-refractivity contribution in [3.05, 3.63) is 11.4 Å². The molecule has 0 saturated carbocycles. The number of hydrogen-bond acceptors (Lipinski definition) is 3. The molecule has 1 rings (SSSR count). The van der Waals surface area contributed by atoms with Gasteiger partial charge in [-0.25, -0.2) is 0 Å². The average Bonchev–Trinajstić information content (AvgIpc) is 2.43. The Kier molecular flexibility index (Phi) is 4.33. The molecule has 0 fully saturated rings. The first-order chi connectivity index (χ1) is 8.20. The number of anilines is 1. The van der Waals surface area contributed by atoms with Crippen LogP contribution in [0.4, 0.5) is 18.9 Å². The van der Waals surface area contributed by atoms with Gasteiger partial charge in [-0.1, -0.05) is 0 Å². The van der Waals surface area contributed by atoms with Crippen LogP contribution in [0.25, 0.3) is 0 Å². The van der Waals surface area contributed by atoms with Gasteiger partial charge in [-0.2, -0.15) is 18.3 Å². The quantitative estimate of drug-likeness (QED) is 0.857. The Morgan fingerprint density at radius 1 is 1.39 bits per heavy atom. The first-order valence-electron chi connectivity index (χ1n) is 5.28. The molecule has 1 aromatic rings. The van der Waals surface area contributed by atoms with Crippen molar-refractivity contribution in [1.82, 2.24) is 15.1 Å². The van der Waals surface area contributed by atoms with Crippen LogP contribution in [0.15, 0.2) is 0 Å². The molecule has 5 nitrogen and oxygen atoms in total. The summed E-state index contributed by atoms with van der Waals surface area (Å²) < 4.78 is 37.2. The molecular formula is C10H15F3N4O. The van der Waals surface area contributed by atoms with Crippen molar-refractivity contribution in [2.24, 2.45) is 7.05 Å². The highest BCUT2D eigenvalue weighted by Gasteiger charge is 2.26. The number of nitrogens with zero attached hydrogens (tertiary/aromatic N) is 2. The zero-order valence-electron chi connectivity index (χ0n) is 10.4. The largest absolute Gasteiger partial charge is 0.401 e. The van der Waals surface area contributed by atoms with E-state index in [0.29, 0.717) is 11.4 Å². The zero-order valence-corrected chi connectivity index (χ0v) is 10.4. The number of aryl methyl sites for hydroxylation is 2. The molecule has 0 spiro atoms. The van der Waals surface area contributed by atoms with E-state index < -0.39 is 25.2 Å². The lowest BCUT2D eigenvalue weighted by Crippen LogP contribution is -2.35. The fraction of sp³-hybridized carbons (Fsp3) is 0.600. The molecule has 0 aromatic carbocycles. The summed E-state index contributed by atoms with van der Waals surface area (Å²) in [6, 6.07) is 0. The van der Waals surface area contributed by atoms with Crippen LogP contribution >= 0.6 is 0 Å². The predicted octanol–water partition coefficient (Wildman–Crippen LogP) is 1.13. The summed E-state index contributed by atoms with van der Waals surface area (Å²) in [5.41, 5.74) is 1.91. The summed E-state index contributed by atoms with van der Waals surface area (Å²) in [5, 5.41) is 8.65. The highest BCUT2D eigenvalue weighted by molar-refractivity contribution is 5.93. The van der Waals surface area contributed by atoms with Crippen LogP contribution in [0.3, 0.4) is 0 Å². The molecule has 0 bridgehead atoms. The molecule has 0 atom stereocenters. The van der Waals surface area contributed by atoms with Gasteiger partial charge in [0.25, 0.3) is 0 Å². The molecule has 1 heterocycles. The Morgan fingerprint density at radius 2 is 2.00 bits per heavy atom. The standard InChI is InChI=1S/C10H15F3N4O/c1-6-9(7(2)17(3)16-6)15-8(18)4-14-5-10(11,12)13/h14H,4-5H2,1-3H3,(H,15,18). The second-order valence-corrected chi connectivity index (χ2v) is 3.94. The van der Waals surface area contributed by atoms with Crippen LogP contribution in [0, 0.1) is 13.8 Å². The highest BCUT2D eigenvalue weighted by Crippen LogP contribution is 2.18. The van der Waals surface area contributed by atoms with Gasteiger partial charge in [0.2, 0.25) is 5.91 Å². The van der Waals surface area contributed by atoms with Gasteiger partial charge in [0, 0.05) is 7.05 Å². The molecule has 0 radical (unpaired) electrons. The number of aromatic nitrogens is 2. The third-order valence-electron chi connectivity index (χ3n) is 2.38. The molecule has 0 aliphatic heterocycles. The minimum atomic E-state index is -4.32. The molecule has 0 unspecified atom stereocenters. The summed E-state index contributed by atoms with van der Waals surface area (Å²) in [6.07, 6.45) is -4.32. The average molecular weight is 264 g/mol. The monoisotopic (exact) mass is 264 g/mol. The van der Waals surface area contributed by atoms with Crippen LogP contribution in [0.1, 0.15) is 11.4 Å². The maximum atomic E-state index is 11.9. The highest BCUT2D eigenvalue weighted by atomic mass is 19.4. The number of carbonyl (C=O) groups is 1. The Morgan fingerprint density at radius 3 is 2.44 bits per heavy atom. The first kappa shape index (κ1) is 14.5. The van der Waals surface area contributed by atoms with Crippen LogP contribution < -0.4 is 10.6 Å². The number of halogens is 3. The Balaban J connectivity index is 2.50. The SMILES string of the molecule is Cc1nn(C)c(C)c1NC(=O)CNCC(F)(F)F. The molecule has 0 aliphatic carbocycles. The molecule has 8 heteroatoms. The fourth-order valence-corrected chi connectivity index (χ4v) is 1.46. The van der Waals surface area contributed by atoms with E-state index in [9.17, 15) is 18.0 Å². The van der Waals surface area contributed by atoms with Crippen molar-refractivity contribution in [2.45, 2.75) is 20.0 Å². The summed E-state index contributed by atoms with van der Waals surface area (Å²) in [7, 11) is 1.72. The van der Waals surface area contributed by atoms with Crippen LogP contribution in [0.5, 0.6) is 0 Å². The maximum absolute atomic E-state index is 11.9. The predicted molar refractivity (Wildman–Crippen MR) is 60.2 cm³/mol. The molecule has 102 valence electrons. The number of rotatable bonds is 4. The van der Waals surface area contributed by atoms with Crippen molar-refractivity contribution in [3.63, 3.8) is 0 Å². The Hall–Kier alpha value is -1.57. The second-order valence-electron chi connectivity index (χ2n) is 3.94. The summed E-state index contributed by atoms with van der Waals surface area (Å²) in [4.78, 5) is 11.4. The minimum absolute atomic E-state index is 0.396. The van der Waals surface area contributed by atoms with Gasteiger partial charge >= 0.3 is 6.18 Å². The Bertz CT molecular complexity index is 439. The van der Waals surface area contributed by atoms with Gasteiger partial charge in [-0.15, -0.1) is 0 Å². The van der Waals surface area contributed by atoms with E-state index in [2.05, 4.69) is 10.4 Å². The van der Waals surface area contributed by atoms with Crippen molar-refractivity contribution < 1.29 is 18.0 Å². The molecule has 2 N–H and O–H groups in total. The van der Waals surface area contributed by atoms with Gasteiger partial charge < -0.3 is 10.6 Å². The van der Waals surface area contributed by atoms with Gasteiger partial charge in [0.15, 0.2) is 0 Å². The minimum Gasteiger partial charge on any atom is -0.322 e. The van der Waals surface area contributed by atoms with Gasteiger partial charge in [-0.05, 0) is 13.8 Å². The lowest BCUT2D eigenvalue weighted by molar-refractivity contribution is -0.126. The van der Waals surface area contributed by atoms with E-state index in [-0.39, 0.29) is 0 Å². The van der Waals surface area contributed by atoms with Gasteiger partial charge in [0.1, 0.15) is 0 Å². The van der Waals surface area contributed by atoms with E-state index in [1.807, 2.05) is 5.32 Å². The van der Waals surface area contributed by atoms with Crippen LogP contribution in [-0.2, 0) is 11.8 Å². The van der Waals surface area contributed by atoms with E-state index in [0.717, 1.165) is 5.69 Å². The third kappa shape index (κ3) is 4.02. The molecule has 0 saturated heterocycles. The topological polar surface area (TPSA) is 59.0 Å². The van der Waals surface area contributed by atoms with E-state index in [1.54, 1.807) is 25.6 Å². The number of nitrogens with one attached hydrogen (secondary N) is 2. The lowest BCUT2D eigenvalue weighted by atomic mass is 10.3. The van der Waals surface area contributed by atoms with Crippen molar-refractivity contribution in [1.29, 1.82) is 0 Å². The molecular weight excluding hydrogens is 249 g/mol. The second kappa shape index (κ2) is 5.38. The summed E-state index contributed by atoms with van der Waals surface area (Å²) >= 11 is 0. The molecule has 1 amide bonds. The summed E-state index contributed by atoms with van der Waals surface area (Å²) in [6.45, 7) is 1.89. The van der Waals surface area contributed by atoms with E-state index >= 15 is 0 Å². The van der Waals surface area contributed by atoms with Crippen molar-refractivity contribution >= 4 is 11.6 Å². The maximum Gasteiger partial charge on any atom is 0.401 e. The van der Waals surface area contributed by atoms with Crippen LogP contribution in [-0.4, -0.2) is 35.0 Å². The normalized spacial score (nSPS) is 11.7. The zero-order chi connectivity index (χ0) is 13.9. The third-order valence-corrected chi connectivity index (χ3v) is 2.38. The van der Waals surface area contributed by atoms with E-state index in [4.69, 9.17) is 0 Å². The number of hydrogen-bond donors (Lipinski definition) is 2. The van der Waals surface area contributed by atoms with Gasteiger partial charge in [-0.3, -0.25) is 9.48 Å². The lowest BCUT2D eigenvalue weighted by Gasteiger charge is -2.09. The molecule has 0 aliphatic rings. The summed E-state index contributed by atoms with van der Waals surface area (Å²) in [5.74, 6) is -0.529. The number of alkyl halides is 3. The van der Waals surface area contributed by atoms with Crippen molar-refractivity contribution in [2.75, 3.05) is 18.4 Å². The number of amides is 1. The smallest absolute Gasteiger partial charge is 0.322 e. The molecule has 1 aromatic heterocycles. The van der Waals surface area contributed by atoms with E-state index in [1.165, 1.54) is 0 Å².